The number of unbranched alkanes of at least 4 members (excludes halogenated alkanes) is 1. The van der Waals surface area contributed by atoms with E-state index in [1.165, 1.54) is 24.0 Å². The summed E-state index contributed by atoms with van der Waals surface area (Å²) in [6, 6.07) is 8.48. The van der Waals surface area contributed by atoms with Crippen LogP contribution in [0.15, 0.2) is 24.3 Å². The van der Waals surface area contributed by atoms with Gasteiger partial charge >= 0.3 is 0 Å². The number of aryl methyl sites for hydroxylation is 2. The number of carbonyl (C=O) groups is 1. The van der Waals surface area contributed by atoms with Crippen LogP contribution in [-0.4, -0.2) is 24.9 Å². The first-order valence-electron chi connectivity index (χ1n) is 8.16. The number of amides is 1. The summed E-state index contributed by atoms with van der Waals surface area (Å²) in [5.41, 5.74) is 2.66. The zero-order valence-electron chi connectivity index (χ0n) is 14.8. The Labute approximate surface area is 131 Å². The van der Waals surface area contributed by atoms with Gasteiger partial charge in [-0.2, -0.15) is 0 Å². The Bertz CT molecular complexity index is 360. The molecule has 1 aromatic carbocycles. The maximum Gasteiger partial charge on any atom is 0.225 e. The first-order chi connectivity index (χ1) is 9.92. The average Bonchev–Trinajstić information content (AvgIpc) is 2.46. The Balaban J connectivity index is 0.000000423. The van der Waals surface area contributed by atoms with Crippen LogP contribution in [0.2, 0.25) is 0 Å². The average molecular weight is 291 g/mol. The lowest BCUT2D eigenvalue weighted by molar-refractivity contribution is -0.133. The molecule has 0 aliphatic heterocycles. The summed E-state index contributed by atoms with van der Waals surface area (Å²) in [5.74, 6) is 0.565. The Hall–Kier alpha value is -1.31. The van der Waals surface area contributed by atoms with E-state index < -0.39 is 0 Å². The van der Waals surface area contributed by atoms with Gasteiger partial charge in [-0.25, -0.2) is 0 Å². The van der Waals surface area contributed by atoms with Gasteiger partial charge in [0.15, 0.2) is 0 Å². The highest BCUT2D eigenvalue weighted by Crippen LogP contribution is 2.16. The molecule has 2 heteroatoms. The molecule has 1 amide bonds. The minimum Gasteiger partial charge on any atom is -0.349 e. The van der Waals surface area contributed by atoms with Gasteiger partial charge in [-0.1, -0.05) is 68.5 Å². The second-order valence-corrected chi connectivity index (χ2v) is 6.02. The summed E-state index contributed by atoms with van der Waals surface area (Å²) < 4.78 is 0. The van der Waals surface area contributed by atoms with Crippen LogP contribution in [0.1, 0.15) is 57.1 Å². The molecule has 0 N–H and O–H groups in total. The molecule has 0 fully saturated rings. The van der Waals surface area contributed by atoms with Crippen LogP contribution in [0.25, 0.3) is 0 Å². The number of rotatable bonds is 6. The lowest BCUT2D eigenvalue weighted by Gasteiger charge is -2.19. The lowest BCUT2D eigenvalue weighted by atomic mass is 9.96. The van der Waals surface area contributed by atoms with Crippen molar-refractivity contribution in [3.05, 3.63) is 35.4 Å². The van der Waals surface area contributed by atoms with Gasteiger partial charge in [0.05, 0.1) is 0 Å². The normalized spacial score (nSPS) is 11.3. The van der Waals surface area contributed by atoms with Crippen molar-refractivity contribution in [2.24, 2.45) is 5.92 Å². The second kappa shape index (κ2) is 11.4. The molecule has 0 aliphatic rings. The molecule has 0 saturated carbocycles. The molecule has 0 radical (unpaired) electrons. The van der Waals surface area contributed by atoms with E-state index in [2.05, 4.69) is 52.0 Å². The highest BCUT2D eigenvalue weighted by molar-refractivity contribution is 5.78. The van der Waals surface area contributed by atoms with Crippen molar-refractivity contribution in [2.75, 3.05) is 14.1 Å². The summed E-state index contributed by atoms with van der Waals surface area (Å²) >= 11 is 0. The van der Waals surface area contributed by atoms with Crippen LogP contribution < -0.4 is 0 Å². The molecule has 120 valence electrons. The van der Waals surface area contributed by atoms with E-state index in [9.17, 15) is 4.79 Å². The fraction of sp³-hybridized carbons (Fsp3) is 0.632. The molecule has 1 aromatic rings. The molecule has 1 rings (SSSR count). The monoisotopic (exact) mass is 291 g/mol. The molecular formula is C19H33NO. The number of hydrogen-bond donors (Lipinski definition) is 0. The van der Waals surface area contributed by atoms with Crippen molar-refractivity contribution in [1.82, 2.24) is 4.90 Å². The maximum atomic E-state index is 11.7. The number of carbonyl (C=O) groups excluding carboxylic acids is 1. The Morgan fingerprint density at radius 1 is 0.952 bits per heavy atom. The predicted octanol–water partition coefficient (Wildman–Crippen LogP) is 4.98. The minimum atomic E-state index is 0.264. The first kappa shape index (κ1) is 19.7. The Morgan fingerprint density at radius 2 is 1.43 bits per heavy atom. The van der Waals surface area contributed by atoms with Crippen molar-refractivity contribution in [2.45, 2.75) is 59.8 Å². The van der Waals surface area contributed by atoms with E-state index in [1.807, 2.05) is 14.1 Å². The molecule has 2 nitrogen and oxygen atoms in total. The van der Waals surface area contributed by atoms with Crippen LogP contribution in [0.3, 0.4) is 0 Å². The van der Waals surface area contributed by atoms with Gasteiger partial charge in [0.1, 0.15) is 0 Å². The van der Waals surface area contributed by atoms with Gasteiger partial charge in [-0.3, -0.25) is 4.79 Å². The van der Waals surface area contributed by atoms with Crippen molar-refractivity contribution >= 4 is 5.91 Å². The summed E-state index contributed by atoms with van der Waals surface area (Å²) in [5, 5.41) is 0. The molecule has 0 saturated heterocycles. The van der Waals surface area contributed by atoms with E-state index in [0.29, 0.717) is 5.91 Å². The van der Waals surface area contributed by atoms with E-state index in [1.54, 1.807) is 4.90 Å². The zero-order chi connectivity index (χ0) is 16.3. The van der Waals surface area contributed by atoms with Crippen LogP contribution in [0.4, 0.5) is 0 Å². The van der Waals surface area contributed by atoms with Crippen molar-refractivity contribution in [3.63, 3.8) is 0 Å². The molecule has 0 bridgehead atoms. The summed E-state index contributed by atoms with van der Waals surface area (Å²) in [4.78, 5) is 13.4. The van der Waals surface area contributed by atoms with Crippen LogP contribution in [-0.2, 0) is 4.79 Å². The third kappa shape index (κ3) is 9.28. The van der Waals surface area contributed by atoms with Crippen LogP contribution in [0.5, 0.6) is 0 Å². The molecule has 1 unspecified atom stereocenters. The van der Waals surface area contributed by atoms with Gasteiger partial charge in [-0.05, 0) is 26.7 Å². The summed E-state index contributed by atoms with van der Waals surface area (Å²) in [7, 11) is 3.69. The fourth-order valence-electron chi connectivity index (χ4n) is 2.19. The van der Waals surface area contributed by atoms with Crippen LogP contribution >= 0.6 is 0 Å². The number of benzene rings is 1. The predicted molar refractivity (Wildman–Crippen MR) is 92.5 cm³/mol. The highest BCUT2D eigenvalue weighted by Gasteiger charge is 2.17. The van der Waals surface area contributed by atoms with Crippen molar-refractivity contribution in [3.8, 4) is 0 Å². The van der Waals surface area contributed by atoms with E-state index in [4.69, 9.17) is 0 Å². The fourth-order valence-corrected chi connectivity index (χ4v) is 2.19. The van der Waals surface area contributed by atoms with Gasteiger partial charge in [-0.15, -0.1) is 0 Å². The topological polar surface area (TPSA) is 20.3 Å². The zero-order valence-corrected chi connectivity index (χ0v) is 14.8. The van der Waals surface area contributed by atoms with Gasteiger partial charge < -0.3 is 4.90 Å². The third-order valence-corrected chi connectivity index (χ3v) is 3.55. The molecule has 0 aromatic heterocycles. The molecule has 0 heterocycles. The van der Waals surface area contributed by atoms with E-state index in [-0.39, 0.29) is 5.92 Å². The number of nitrogens with zero attached hydrogens (tertiary/aromatic N) is 1. The Morgan fingerprint density at radius 3 is 1.76 bits per heavy atom. The largest absolute Gasteiger partial charge is 0.349 e. The van der Waals surface area contributed by atoms with Gasteiger partial charge in [0, 0.05) is 20.0 Å². The van der Waals surface area contributed by atoms with Crippen molar-refractivity contribution in [1.29, 1.82) is 0 Å². The van der Waals surface area contributed by atoms with Crippen LogP contribution in [0, 0.1) is 19.8 Å². The molecule has 1 atom stereocenters. The molecular weight excluding hydrogens is 258 g/mol. The highest BCUT2D eigenvalue weighted by atomic mass is 16.2. The quantitative estimate of drug-likeness (QED) is 0.723. The number of hydrogen-bond acceptors (Lipinski definition) is 1. The maximum absolute atomic E-state index is 11.7. The Kier molecular flexibility index (Phi) is 10.7. The van der Waals surface area contributed by atoms with E-state index in [0.717, 1.165) is 19.3 Å². The molecule has 0 aliphatic carbocycles. The second-order valence-electron chi connectivity index (χ2n) is 6.02. The smallest absolute Gasteiger partial charge is 0.225 e. The summed E-state index contributed by atoms with van der Waals surface area (Å²) in [6.45, 7) is 8.50. The lowest BCUT2D eigenvalue weighted by Crippen LogP contribution is -2.29. The summed E-state index contributed by atoms with van der Waals surface area (Å²) in [6.07, 6.45) is 5.55. The first-order valence-corrected chi connectivity index (χ1v) is 8.16. The van der Waals surface area contributed by atoms with E-state index >= 15 is 0 Å². The standard InChI is InChI=1S/C11H23NO.C8H10/c1-5-7-9-10(8-6-2)11(13)12(3)4;1-7-3-5-8(2)6-4-7/h10H,5-9H2,1-4H3;3-6H,1-2H3. The molecule has 21 heavy (non-hydrogen) atoms. The SMILES string of the molecule is CCCCC(CCC)C(=O)N(C)C.Cc1ccc(C)cc1. The molecule has 0 spiro atoms. The van der Waals surface area contributed by atoms with Crippen molar-refractivity contribution < 1.29 is 4.79 Å². The third-order valence-electron chi connectivity index (χ3n) is 3.55. The minimum absolute atomic E-state index is 0.264. The van der Waals surface area contributed by atoms with Gasteiger partial charge in [0.2, 0.25) is 5.91 Å². The van der Waals surface area contributed by atoms with Gasteiger partial charge in [0.25, 0.3) is 0 Å².